The number of anilines is 1. The lowest BCUT2D eigenvalue weighted by molar-refractivity contribution is -0.384. The summed E-state index contributed by atoms with van der Waals surface area (Å²) in [4.78, 5) is 18.3. The molecule has 140 valence electrons. The van der Waals surface area contributed by atoms with Gasteiger partial charge in [-0.05, 0) is 55.4 Å². The van der Waals surface area contributed by atoms with Crippen molar-refractivity contribution in [2.75, 3.05) is 5.32 Å². The minimum absolute atomic E-state index is 0.00282. The number of nitrogens with one attached hydrogen (secondary N) is 1. The highest BCUT2D eigenvalue weighted by Crippen LogP contribution is 2.39. The Morgan fingerprint density at radius 2 is 1.92 bits per heavy atom. The van der Waals surface area contributed by atoms with E-state index in [0.29, 0.717) is 0 Å². The Hall–Kier alpha value is -1.25. The summed E-state index contributed by atoms with van der Waals surface area (Å²) >= 11 is 5.78. The summed E-state index contributed by atoms with van der Waals surface area (Å²) in [5.74, 6) is 0.193. The molecule has 1 fully saturated rings. The van der Waals surface area contributed by atoms with Crippen molar-refractivity contribution >= 4 is 31.4 Å². The van der Waals surface area contributed by atoms with E-state index in [1.54, 1.807) is 0 Å². The third-order valence-corrected chi connectivity index (χ3v) is 9.94. The lowest BCUT2D eigenvalue weighted by atomic mass is 9.93. The number of rotatable bonds is 5. The average Bonchev–Trinajstić information content (AvgIpc) is 2.47. The molecule has 0 atom stereocenters. The third-order valence-electron chi connectivity index (χ3n) is 5.22. The van der Waals surface area contributed by atoms with Crippen LogP contribution in [0.5, 0.6) is 0 Å². The Morgan fingerprint density at radius 1 is 1.32 bits per heavy atom. The van der Waals surface area contributed by atoms with Crippen LogP contribution in [0.2, 0.25) is 23.4 Å². The van der Waals surface area contributed by atoms with Gasteiger partial charge in [0, 0.05) is 12.1 Å². The molecule has 0 bridgehead atoms. The first-order chi connectivity index (χ1) is 11.5. The Kier molecular flexibility index (Phi) is 6.06. The minimum Gasteiger partial charge on any atom is -0.414 e. The van der Waals surface area contributed by atoms with E-state index < -0.39 is 13.2 Å². The van der Waals surface area contributed by atoms with Gasteiger partial charge in [0.05, 0.1) is 4.92 Å². The standard InChI is InChI=1S/C16H27ClN4O3Si/c1-16(2,3)25(4,5)24-12-8-6-11(7-9-12)19-14-13(21(22)23)10-18-15(17)20-14/h10-12H,6-9H2,1-5H3,(H,18,19,20)/t11-,12-. The molecule has 0 spiro atoms. The summed E-state index contributed by atoms with van der Waals surface area (Å²) in [6.07, 6.45) is 5.07. The predicted octanol–water partition coefficient (Wildman–Crippen LogP) is 4.78. The second-order valence-corrected chi connectivity index (χ2v) is 13.2. The minimum atomic E-state index is -1.77. The van der Waals surface area contributed by atoms with E-state index in [-0.39, 0.29) is 34.0 Å². The molecule has 0 amide bonds. The second-order valence-electron chi connectivity index (χ2n) is 8.13. The van der Waals surface area contributed by atoms with Crippen LogP contribution in [0, 0.1) is 10.1 Å². The first-order valence-corrected chi connectivity index (χ1v) is 11.9. The maximum atomic E-state index is 11.1. The van der Waals surface area contributed by atoms with E-state index >= 15 is 0 Å². The van der Waals surface area contributed by atoms with Crippen LogP contribution in [-0.2, 0) is 4.43 Å². The van der Waals surface area contributed by atoms with Gasteiger partial charge < -0.3 is 9.74 Å². The number of nitrogens with zero attached hydrogens (tertiary/aromatic N) is 3. The van der Waals surface area contributed by atoms with Gasteiger partial charge in [0.2, 0.25) is 11.1 Å². The van der Waals surface area contributed by atoms with Crippen molar-refractivity contribution in [1.29, 1.82) is 0 Å². The van der Waals surface area contributed by atoms with Crippen LogP contribution in [0.15, 0.2) is 6.20 Å². The number of hydrogen-bond donors (Lipinski definition) is 1. The van der Waals surface area contributed by atoms with Crippen LogP contribution in [-0.4, -0.2) is 35.4 Å². The summed E-state index contributed by atoms with van der Waals surface area (Å²) in [5.41, 5.74) is -0.149. The number of hydrogen-bond acceptors (Lipinski definition) is 6. The smallest absolute Gasteiger partial charge is 0.329 e. The van der Waals surface area contributed by atoms with Gasteiger partial charge in [0.25, 0.3) is 0 Å². The zero-order valence-electron chi connectivity index (χ0n) is 15.5. The van der Waals surface area contributed by atoms with Gasteiger partial charge in [-0.25, -0.2) is 4.98 Å². The molecule has 1 saturated carbocycles. The molecule has 2 rings (SSSR count). The lowest BCUT2D eigenvalue weighted by Gasteiger charge is -2.41. The second kappa shape index (κ2) is 7.55. The summed E-state index contributed by atoms with van der Waals surface area (Å²) in [5, 5.41) is 14.5. The zero-order valence-corrected chi connectivity index (χ0v) is 17.3. The molecular formula is C16H27ClN4O3Si. The molecule has 1 aliphatic rings. The zero-order chi connectivity index (χ0) is 18.8. The highest BCUT2D eigenvalue weighted by Gasteiger charge is 2.39. The molecule has 1 aliphatic carbocycles. The topological polar surface area (TPSA) is 90.2 Å². The largest absolute Gasteiger partial charge is 0.414 e. The maximum absolute atomic E-state index is 11.1. The number of nitro groups is 1. The van der Waals surface area contributed by atoms with Crippen LogP contribution in [0.1, 0.15) is 46.5 Å². The summed E-state index contributed by atoms with van der Waals surface area (Å²) < 4.78 is 6.48. The number of halogens is 1. The highest BCUT2D eigenvalue weighted by molar-refractivity contribution is 6.74. The van der Waals surface area contributed by atoms with Gasteiger partial charge in [0.15, 0.2) is 8.32 Å². The Labute approximate surface area is 154 Å². The van der Waals surface area contributed by atoms with Crippen LogP contribution in [0.3, 0.4) is 0 Å². The first kappa shape index (κ1) is 20.1. The van der Waals surface area contributed by atoms with E-state index in [9.17, 15) is 10.1 Å². The van der Waals surface area contributed by atoms with Crippen LogP contribution < -0.4 is 5.32 Å². The fraction of sp³-hybridized carbons (Fsp3) is 0.750. The summed E-state index contributed by atoms with van der Waals surface area (Å²) in [7, 11) is -1.77. The molecule has 25 heavy (non-hydrogen) atoms. The fourth-order valence-corrected chi connectivity index (χ4v) is 4.26. The van der Waals surface area contributed by atoms with Gasteiger partial charge in [-0.15, -0.1) is 0 Å². The Morgan fingerprint density at radius 3 is 2.44 bits per heavy atom. The van der Waals surface area contributed by atoms with Gasteiger partial charge in [-0.3, -0.25) is 10.1 Å². The van der Waals surface area contributed by atoms with Crippen molar-refractivity contribution in [2.45, 2.75) is 76.7 Å². The SMILES string of the molecule is CC(C)(C)[Si](C)(C)O[C@H]1CC[C@H](Nc2nc(Cl)ncc2[N+](=O)[O-])CC1. The third kappa shape index (κ3) is 5.12. The average molecular weight is 387 g/mol. The van der Waals surface area contributed by atoms with Crippen molar-refractivity contribution in [2.24, 2.45) is 0 Å². The molecule has 1 aromatic heterocycles. The first-order valence-electron chi connectivity index (χ1n) is 8.61. The van der Waals surface area contributed by atoms with Crippen molar-refractivity contribution < 1.29 is 9.35 Å². The highest BCUT2D eigenvalue weighted by atomic mass is 35.5. The van der Waals surface area contributed by atoms with Gasteiger partial charge in [-0.1, -0.05) is 20.8 Å². The normalized spacial score (nSPS) is 21.8. The maximum Gasteiger partial charge on any atom is 0.329 e. The van der Waals surface area contributed by atoms with Crippen molar-refractivity contribution in [1.82, 2.24) is 9.97 Å². The van der Waals surface area contributed by atoms with Crippen LogP contribution in [0.4, 0.5) is 11.5 Å². The molecule has 1 N–H and O–H groups in total. The van der Waals surface area contributed by atoms with Gasteiger partial charge in [-0.2, -0.15) is 4.98 Å². The van der Waals surface area contributed by atoms with E-state index in [1.165, 1.54) is 0 Å². The summed E-state index contributed by atoms with van der Waals surface area (Å²) in [6.45, 7) is 11.3. The molecule has 0 saturated heterocycles. The lowest BCUT2D eigenvalue weighted by Crippen LogP contribution is -2.45. The van der Waals surface area contributed by atoms with E-state index in [2.05, 4.69) is 49.1 Å². The predicted molar refractivity (Wildman–Crippen MR) is 102 cm³/mol. The van der Waals surface area contributed by atoms with Crippen molar-refractivity contribution in [3.05, 3.63) is 21.6 Å². The molecular weight excluding hydrogens is 360 g/mol. The van der Waals surface area contributed by atoms with Crippen LogP contribution >= 0.6 is 11.6 Å². The Bertz CT molecular complexity index is 628. The monoisotopic (exact) mass is 386 g/mol. The van der Waals surface area contributed by atoms with Gasteiger partial charge >= 0.3 is 5.69 Å². The van der Waals surface area contributed by atoms with E-state index in [1.807, 2.05) is 0 Å². The molecule has 0 aromatic carbocycles. The quantitative estimate of drug-likeness (QED) is 0.339. The van der Waals surface area contributed by atoms with Crippen molar-refractivity contribution in [3.8, 4) is 0 Å². The number of aromatic nitrogens is 2. The molecule has 0 aliphatic heterocycles. The van der Waals surface area contributed by atoms with E-state index in [4.69, 9.17) is 16.0 Å². The van der Waals surface area contributed by atoms with Crippen LogP contribution in [0.25, 0.3) is 0 Å². The Balaban J connectivity index is 1.96. The summed E-state index contributed by atoms with van der Waals surface area (Å²) in [6, 6.07) is 0.129. The molecule has 1 aromatic rings. The molecule has 0 radical (unpaired) electrons. The van der Waals surface area contributed by atoms with Gasteiger partial charge in [0.1, 0.15) is 6.20 Å². The molecule has 1 heterocycles. The molecule has 9 heteroatoms. The molecule has 0 unspecified atom stereocenters. The van der Waals surface area contributed by atoms with Crippen molar-refractivity contribution in [3.63, 3.8) is 0 Å². The fourth-order valence-electron chi connectivity index (χ4n) is 2.71. The van der Waals surface area contributed by atoms with E-state index in [0.717, 1.165) is 31.9 Å². The molecule has 7 nitrogen and oxygen atoms in total.